The van der Waals surface area contributed by atoms with Crippen LogP contribution in [0.5, 0.6) is 28.7 Å². The summed E-state index contributed by atoms with van der Waals surface area (Å²) in [5, 5.41) is 3.96. The third kappa shape index (κ3) is 5.63. The van der Waals surface area contributed by atoms with Crippen molar-refractivity contribution in [2.45, 2.75) is 0 Å². The molecule has 0 aliphatic rings. The van der Waals surface area contributed by atoms with Gasteiger partial charge in [0.05, 0.1) is 40.2 Å². The summed E-state index contributed by atoms with van der Waals surface area (Å²) in [6.07, 6.45) is 1.45. The Kier molecular flexibility index (Phi) is 8.07. The van der Waals surface area contributed by atoms with Gasteiger partial charge in [0, 0.05) is 5.56 Å². The zero-order valence-electron chi connectivity index (χ0n) is 19.2. The molecule has 34 heavy (non-hydrogen) atoms. The van der Waals surface area contributed by atoms with Gasteiger partial charge in [0.2, 0.25) is 5.75 Å². The molecule has 0 spiro atoms. The van der Waals surface area contributed by atoms with Gasteiger partial charge in [-0.1, -0.05) is 18.2 Å². The van der Waals surface area contributed by atoms with Crippen molar-refractivity contribution in [3.8, 4) is 28.7 Å². The molecule has 0 fully saturated rings. The minimum Gasteiger partial charge on any atom is -0.493 e. The van der Waals surface area contributed by atoms with Crippen molar-refractivity contribution in [1.29, 1.82) is 0 Å². The number of hydrogen-bond acceptors (Lipinski definition) is 8. The van der Waals surface area contributed by atoms with Crippen LogP contribution in [0.25, 0.3) is 0 Å². The van der Waals surface area contributed by atoms with Crippen molar-refractivity contribution in [2.75, 3.05) is 28.4 Å². The van der Waals surface area contributed by atoms with Crippen LogP contribution in [0.3, 0.4) is 0 Å². The molecule has 0 saturated carbocycles. The van der Waals surface area contributed by atoms with E-state index in [9.17, 15) is 9.59 Å². The van der Waals surface area contributed by atoms with E-state index in [-0.39, 0.29) is 17.2 Å². The number of rotatable bonds is 9. The smallest absolute Gasteiger partial charge is 0.343 e. The molecule has 0 radical (unpaired) electrons. The Bertz CT molecular complexity index is 1170. The van der Waals surface area contributed by atoms with Crippen molar-refractivity contribution < 1.29 is 33.3 Å². The molecule has 176 valence electrons. The minimum atomic E-state index is -0.644. The average Bonchev–Trinajstić information content (AvgIpc) is 2.88. The molecule has 0 atom stereocenters. The maximum absolute atomic E-state index is 12.8. The first-order valence-corrected chi connectivity index (χ1v) is 10.1. The van der Waals surface area contributed by atoms with E-state index in [1.54, 1.807) is 42.5 Å². The fourth-order valence-corrected chi connectivity index (χ4v) is 3.03. The maximum Gasteiger partial charge on any atom is 0.343 e. The Morgan fingerprint density at radius 2 is 1.38 bits per heavy atom. The highest BCUT2D eigenvalue weighted by Crippen LogP contribution is 2.38. The van der Waals surface area contributed by atoms with E-state index in [1.807, 2.05) is 6.07 Å². The SMILES string of the molecule is COc1cc(/C=N/NC(=O)c2ccccc2)ccc1OC(=O)c1cc(OC)c(OC)c(OC)c1. The van der Waals surface area contributed by atoms with E-state index in [4.69, 9.17) is 23.7 Å². The molecule has 0 bridgehead atoms. The number of ether oxygens (including phenoxy) is 5. The number of hydrazone groups is 1. The molecule has 9 heteroatoms. The van der Waals surface area contributed by atoms with Crippen LogP contribution in [0.1, 0.15) is 26.3 Å². The van der Waals surface area contributed by atoms with Gasteiger partial charge >= 0.3 is 5.97 Å². The molecule has 1 amide bonds. The first kappa shape index (κ1) is 24.1. The van der Waals surface area contributed by atoms with Crippen molar-refractivity contribution >= 4 is 18.1 Å². The minimum absolute atomic E-state index is 0.200. The lowest BCUT2D eigenvalue weighted by atomic mass is 10.1. The van der Waals surface area contributed by atoms with Crippen molar-refractivity contribution in [3.05, 3.63) is 77.4 Å². The number of carbonyl (C=O) groups is 2. The fraction of sp³-hybridized carbons (Fsp3) is 0.160. The first-order valence-electron chi connectivity index (χ1n) is 10.1. The second-order valence-corrected chi connectivity index (χ2v) is 6.78. The van der Waals surface area contributed by atoms with Crippen molar-refractivity contribution in [3.63, 3.8) is 0 Å². The molecule has 0 heterocycles. The number of nitrogens with one attached hydrogen (secondary N) is 1. The van der Waals surface area contributed by atoms with Gasteiger partial charge in [0.25, 0.3) is 5.91 Å². The van der Waals surface area contributed by atoms with Crippen LogP contribution in [0.2, 0.25) is 0 Å². The molecular weight excluding hydrogens is 440 g/mol. The lowest BCUT2D eigenvalue weighted by Gasteiger charge is -2.14. The second-order valence-electron chi connectivity index (χ2n) is 6.78. The molecular formula is C25H24N2O7. The van der Waals surface area contributed by atoms with Gasteiger partial charge in [0.15, 0.2) is 23.0 Å². The lowest BCUT2D eigenvalue weighted by Crippen LogP contribution is -2.17. The number of carbonyl (C=O) groups excluding carboxylic acids is 2. The van der Waals surface area contributed by atoms with Crippen LogP contribution < -0.4 is 29.1 Å². The Morgan fingerprint density at radius 3 is 1.97 bits per heavy atom. The molecule has 3 aromatic rings. The van der Waals surface area contributed by atoms with Crippen LogP contribution >= 0.6 is 0 Å². The second kappa shape index (κ2) is 11.4. The Labute approximate surface area is 196 Å². The summed E-state index contributed by atoms with van der Waals surface area (Å²) in [7, 11) is 5.83. The van der Waals surface area contributed by atoms with Crippen molar-refractivity contribution in [1.82, 2.24) is 5.43 Å². The van der Waals surface area contributed by atoms with Crippen LogP contribution in [0.15, 0.2) is 65.8 Å². The van der Waals surface area contributed by atoms with E-state index in [0.717, 1.165) is 0 Å². The normalized spacial score (nSPS) is 10.5. The first-order chi connectivity index (χ1) is 16.5. The summed E-state index contributed by atoms with van der Waals surface area (Å²) in [5.41, 5.74) is 3.77. The molecule has 0 aliphatic carbocycles. The zero-order chi connectivity index (χ0) is 24.5. The molecule has 0 saturated heterocycles. The summed E-state index contributed by atoms with van der Waals surface area (Å²) in [6.45, 7) is 0. The maximum atomic E-state index is 12.8. The standard InChI is InChI=1S/C25H24N2O7/c1-30-20-12-16(15-26-27-24(28)17-8-6-5-7-9-17)10-11-19(20)34-25(29)18-13-21(31-2)23(33-4)22(14-18)32-3/h5-15H,1-4H3,(H,27,28)/b26-15+. The molecule has 9 nitrogen and oxygen atoms in total. The summed E-state index contributed by atoms with van der Waals surface area (Å²) >= 11 is 0. The van der Waals surface area contributed by atoms with Crippen LogP contribution in [-0.2, 0) is 0 Å². The van der Waals surface area contributed by atoms with E-state index >= 15 is 0 Å². The predicted octanol–water partition coefficient (Wildman–Crippen LogP) is 3.70. The van der Waals surface area contributed by atoms with Gasteiger partial charge in [-0.2, -0.15) is 5.10 Å². The Morgan fingerprint density at radius 1 is 0.735 bits per heavy atom. The zero-order valence-corrected chi connectivity index (χ0v) is 19.2. The van der Waals surface area contributed by atoms with E-state index < -0.39 is 5.97 Å². The lowest BCUT2D eigenvalue weighted by molar-refractivity contribution is 0.0728. The number of hydrogen-bond donors (Lipinski definition) is 1. The number of nitrogens with zero attached hydrogens (tertiary/aromatic N) is 1. The Hall–Kier alpha value is -4.53. The third-order valence-corrected chi connectivity index (χ3v) is 4.71. The van der Waals surface area contributed by atoms with Crippen molar-refractivity contribution in [2.24, 2.45) is 5.10 Å². The predicted molar refractivity (Wildman–Crippen MR) is 126 cm³/mol. The average molecular weight is 464 g/mol. The summed E-state index contributed by atoms with van der Waals surface area (Å²) < 4.78 is 26.7. The highest BCUT2D eigenvalue weighted by atomic mass is 16.6. The largest absolute Gasteiger partial charge is 0.493 e. The Balaban J connectivity index is 1.75. The van der Waals surface area contributed by atoms with Gasteiger partial charge in [-0.15, -0.1) is 0 Å². The number of esters is 1. The van der Waals surface area contributed by atoms with Gasteiger partial charge in [-0.25, -0.2) is 10.2 Å². The molecule has 3 aromatic carbocycles. The molecule has 0 aromatic heterocycles. The summed E-state index contributed by atoms with van der Waals surface area (Å²) in [5.74, 6) is 0.538. The quantitative estimate of drug-likeness (QED) is 0.223. The number of benzene rings is 3. The van der Waals surface area contributed by atoms with Gasteiger partial charge in [-0.3, -0.25) is 4.79 Å². The van der Waals surface area contributed by atoms with E-state index in [0.29, 0.717) is 34.1 Å². The van der Waals surface area contributed by atoms with Gasteiger partial charge in [0.1, 0.15) is 0 Å². The number of amides is 1. The highest BCUT2D eigenvalue weighted by molar-refractivity contribution is 5.95. The third-order valence-electron chi connectivity index (χ3n) is 4.71. The van der Waals surface area contributed by atoms with Crippen LogP contribution in [-0.4, -0.2) is 46.5 Å². The van der Waals surface area contributed by atoms with E-state index in [1.165, 1.54) is 46.8 Å². The summed E-state index contributed by atoms with van der Waals surface area (Å²) in [4.78, 5) is 24.8. The van der Waals surface area contributed by atoms with E-state index in [2.05, 4.69) is 10.5 Å². The molecule has 1 N–H and O–H groups in total. The van der Waals surface area contributed by atoms with Crippen LogP contribution in [0, 0.1) is 0 Å². The highest BCUT2D eigenvalue weighted by Gasteiger charge is 2.19. The molecule has 0 aliphatic heterocycles. The van der Waals surface area contributed by atoms with Gasteiger partial charge < -0.3 is 23.7 Å². The molecule has 3 rings (SSSR count). The molecule has 0 unspecified atom stereocenters. The van der Waals surface area contributed by atoms with Gasteiger partial charge in [-0.05, 0) is 48.0 Å². The topological polar surface area (TPSA) is 105 Å². The number of methoxy groups -OCH3 is 4. The monoisotopic (exact) mass is 464 g/mol. The summed E-state index contributed by atoms with van der Waals surface area (Å²) in [6, 6.07) is 16.6. The fourth-order valence-electron chi connectivity index (χ4n) is 3.03. The van der Waals surface area contributed by atoms with Crippen LogP contribution in [0.4, 0.5) is 0 Å².